The van der Waals surface area contributed by atoms with Crippen molar-refractivity contribution < 1.29 is 4.79 Å². The molecule has 0 aliphatic rings. The maximum absolute atomic E-state index is 13.0. The average Bonchev–Trinajstić information content (AvgIpc) is 2.48. The van der Waals surface area contributed by atoms with Gasteiger partial charge in [-0.1, -0.05) is 0 Å². The summed E-state index contributed by atoms with van der Waals surface area (Å²) in [5, 5.41) is 0. The van der Waals surface area contributed by atoms with E-state index in [1.807, 2.05) is 60.7 Å². The third-order valence-corrected chi connectivity index (χ3v) is 10.1. The van der Waals surface area contributed by atoms with Crippen LogP contribution in [0.1, 0.15) is 21.8 Å². The van der Waals surface area contributed by atoms with Gasteiger partial charge in [0.1, 0.15) is 0 Å². The second-order valence-corrected chi connectivity index (χ2v) is 21.0. The number of rotatable bonds is 5. The number of Topliss-reactive ketones (excluding diaryl/α,β-unsaturated/α-hetero) is 1. The van der Waals surface area contributed by atoms with E-state index >= 15 is 0 Å². The Morgan fingerprint density at radius 3 is 1.86 bits per heavy atom. The van der Waals surface area contributed by atoms with Crippen LogP contribution in [0.25, 0.3) is 0 Å². The first kappa shape index (κ1) is 16.0. The van der Waals surface area contributed by atoms with Crippen molar-refractivity contribution in [2.24, 2.45) is 0 Å². The molecule has 1 nitrogen and oxygen atoms in total. The van der Waals surface area contributed by atoms with E-state index in [1.165, 1.54) is 0 Å². The minimum absolute atomic E-state index is 0.165. The van der Waals surface area contributed by atoms with Crippen LogP contribution in [0.3, 0.4) is 0 Å². The molecule has 0 aliphatic carbocycles. The molecule has 0 bridgehead atoms. The van der Waals surface area contributed by atoms with Crippen LogP contribution in [0.15, 0.2) is 70.8 Å². The number of benzene rings is 2. The van der Waals surface area contributed by atoms with Gasteiger partial charge in [0.05, 0.1) is 0 Å². The fourth-order valence-electron chi connectivity index (χ4n) is 2.36. The predicted molar refractivity (Wildman–Crippen MR) is 92.4 cm³/mol. The van der Waals surface area contributed by atoms with Crippen molar-refractivity contribution in [3.8, 4) is 0 Å². The molecule has 0 fully saturated rings. The van der Waals surface area contributed by atoms with Gasteiger partial charge in [0.15, 0.2) is 0 Å². The SMILES string of the molecule is C=[C](C(C(=O)c1ccccc1)c1ccccc1)[Sn]([CH3])([CH3])[CH3]. The first-order valence-electron chi connectivity index (χ1n) is 7.25. The molecule has 0 heterocycles. The number of allylic oxidation sites excluding steroid dienone is 1. The van der Waals surface area contributed by atoms with Crippen molar-refractivity contribution in [3.63, 3.8) is 0 Å². The second-order valence-electron chi connectivity index (χ2n) is 6.35. The molecule has 0 saturated carbocycles. The molecule has 108 valence electrons. The fourth-order valence-corrected chi connectivity index (χ4v) is 5.68. The molecule has 2 aromatic rings. The summed E-state index contributed by atoms with van der Waals surface area (Å²) in [4.78, 5) is 19.9. The molecule has 0 N–H and O–H groups in total. The number of carbonyl (C=O) groups excluding carboxylic acids is 1. The molecule has 1 unspecified atom stereocenters. The van der Waals surface area contributed by atoms with Gasteiger partial charge in [-0.05, 0) is 0 Å². The summed E-state index contributed by atoms with van der Waals surface area (Å²) >= 11 is -2.38. The summed E-state index contributed by atoms with van der Waals surface area (Å²) in [5.74, 6) is -0.0391. The van der Waals surface area contributed by atoms with E-state index < -0.39 is 18.4 Å². The van der Waals surface area contributed by atoms with Crippen LogP contribution in [0, 0.1) is 0 Å². The van der Waals surface area contributed by atoms with Crippen LogP contribution in [0.5, 0.6) is 0 Å². The van der Waals surface area contributed by atoms with Gasteiger partial charge in [-0.2, -0.15) is 0 Å². The van der Waals surface area contributed by atoms with Gasteiger partial charge in [-0.25, -0.2) is 0 Å². The van der Waals surface area contributed by atoms with Crippen LogP contribution in [-0.4, -0.2) is 24.2 Å². The van der Waals surface area contributed by atoms with Gasteiger partial charge in [0.2, 0.25) is 0 Å². The third-order valence-electron chi connectivity index (χ3n) is 3.77. The Labute approximate surface area is 131 Å². The zero-order chi connectivity index (χ0) is 15.5. The number of hydrogen-bond acceptors (Lipinski definition) is 1. The van der Waals surface area contributed by atoms with E-state index in [0.29, 0.717) is 0 Å². The third kappa shape index (κ3) is 3.85. The molecule has 0 aliphatic heterocycles. The summed E-state index contributed by atoms with van der Waals surface area (Å²) in [6.45, 7) is 4.32. The Kier molecular flexibility index (Phi) is 5.04. The first-order chi connectivity index (χ1) is 9.91. The van der Waals surface area contributed by atoms with E-state index in [0.717, 1.165) is 14.7 Å². The van der Waals surface area contributed by atoms with Crippen molar-refractivity contribution in [3.05, 3.63) is 82.0 Å². The second kappa shape index (κ2) is 6.61. The van der Waals surface area contributed by atoms with Crippen LogP contribution >= 0.6 is 0 Å². The molecule has 21 heavy (non-hydrogen) atoms. The molecular formula is C19H22OSn. The Bertz CT molecular complexity index is 624. The van der Waals surface area contributed by atoms with Gasteiger partial charge in [-0.15, -0.1) is 0 Å². The maximum atomic E-state index is 13.0. The van der Waals surface area contributed by atoms with E-state index in [4.69, 9.17) is 0 Å². The zero-order valence-corrected chi connectivity index (χ0v) is 15.8. The summed E-state index contributed by atoms with van der Waals surface area (Å²) in [6, 6.07) is 19.6. The summed E-state index contributed by atoms with van der Waals surface area (Å²) in [7, 11) is 0. The molecule has 0 spiro atoms. The average molecular weight is 385 g/mol. The first-order valence-corrected chi connectivity index (χ1v) is 17.2. The monoisotopic (exact) mass is 386 g/mol. The van der Waals surface area contributed by atoms with Crippen molar-refractivity contribution in [1.29, 1.82) is 0 Å². The molecule has 0 aromatic heterocycles. The van der Waals surface area contributed by atoms with Crippen molar-refractivity contribution in [2.45, 2.75) is 20.7 Å². The molecular weight excluding hydrogens is 363 g/mol. The molecule has 0 radical (unpaired) electrons. The molecule has 1 atom stereocenters. The summed E-state index contributed by atoms with van der Waals surface area (Å²) < 4.78 is 1.16. The van der Waals surface area contributed by atoms with E-state index in [1.54, 1.807) is 0 Å². The van der Waals surface area contributed by atoms with Gasteiger partial charge < -0.3 is 0 Å². The van der Waals surface area contributed by atoms with Gasteiger partial charge >= 0.3 is 132 Å². The predicted octanol–water partition coefficient (Wildman–Crippen LogP) is 5.09. The zero-order valence-electron chi connectivity index (χ0n) is 13.0. The number of hydrogen-bond donors (Lipinski definition) is 0. The Morgan fingerprint density at radius 1 is 0.905 bits per heavy atom. The Hall–Kier alpha value is -1.35. The molecule has 2 aromatic carbocycles. The van der Waals surface area contributed by atoms with Crippen LogP contribution in [0.2, 0.25) is 14.8 Å². The van der Waals surface area contributed by atoms with E-state index in [2.05, 4.69) is 21.4 Å². The van der Waals surface area contributed by atoms with Gasteiger partial charge in [-0.3, -0.25) is 0 Å². The normalized spacial score (nSPS) is 12.7. The van der Waals surface area contributed by atoms with E-state index in [9.17, 15) is 4.79 Å². The van der Waals surface area contributed by atoms with Crippen molar-refractivity contribution >= 4 is 24.2 Å². The Morgan fingerprint density at radius 2 is 1.38 bits per heavy atom. The standard InChI is InChI=1S/C16H13O.3CH3.Sn/c1-2-15(13-9-5-3-6-10-13)16(17)14-11-7-4-8-12-14;;;;/h3-12,15H,1H2;3*1H3;. The molecule has 0 saturated heterocycles. The van der Waals surface area contributed by atoms with Crippen LogP contribution in [-0.2, 0) is 0 Å². The minimum atomic E-state index is -2.38. The molecule has 0 amide bonds. The van der Waals surface area contributed by atoms with E-state index in [-0.39, 0.29) is 11.7 Å². The van der Waals surface area contributed by atoms with Crippen LogP contribution in [0.4, 0.5) is 0 Å². The number of carbonyl (C=O) groups is 1. The Balaban J connectivity index is 2.47. The molecule has 2 rings (SSSR count). The van der Waals surface area contributed by atoms with Gasteiger partial charge in [0, 0.05) is 0 Å². The number of ketones is 1. The summed E-state index contributed by atoms with van der Waals surface area (Å²) in [6.07, 6.45) is 0. The topological polar surface area (TPSA) is 17.1 Å². The van der Waals surface area contributed by atoms with Crippen LogP contribution < -0.4 is 0 Å². The summed E-state index contributed by atoms with van der Waals surface area (Å²) in [5.41, 5.74) is 1.83. The quantitative estimate of drug-likeness (QED) is 0.518. The van der Waals surface area contributed by atoms with Crippen molar-refractivity contribution in [1.82, 2.24) is 0 Å². The van der Waals surface area contributed by atoms with Crippen molar-refractivity contribution in [2.75, 3.05) is 0 Å². The molecule has 2 heteroatoms. The fraction of sp³-hybridized carbons (Fsp3) is 0.211. The van der Waals surface area contributed by atoms with Gasteiger partial charge in [0.25, 0.3) is 0 Å².